The molecule has 2 saturated heterocycles. The molecule has 0 saturated carbocycles. The second kappa shape index (κ2) is 15.2. The van der Waals surface area contributed by atoms with E-state index in [0.29, 0.717) is 31.4 Å². The summed E-state index contributed by atoms with van der Waals surface area (Å²) in [7, 11) is 0. The molecule has 0 aliphatic carbocycles. The molecule has 13 nitrogen and oxygen atoms in total. The van der Waals surface area contributed by atoms with Crippen molar-refractivity contribution in [1.29, 1.82) is 0 Å². The molecule has 2 aliphatic rings. The highest BCUT2D eigenvalue weighted by molar-refractivity contribution is 5.97. The van der Waals surface area contributed by atoms with Gasteiger partial charge in [0.15, 0.2) is 5.78 Å². The summed E-state index contributed by atoms with van der Waals surface area (Å²) < 4.78 is 45.0. The second-order valence-electron chi connectivity index (χ2n) is 13.5. The van der Waals surface area contributed by atoms with Crippen molar-refractivity contribution in [3.8, 4) is 0 Å². The molecule has 0 spiro atoms. The fourth-order valence-electron chi connectivity index (χ4n) is 6.23. The van der Waals surface area contributed by atoms with Crippen molar-refractivity contribution >= 4 is 29.6 Å². The number of hydrogen-bond acceptors (Lipinski definition) is 9. The van der Waals surface area contributed by atoms with Crippen molar-refractivity contribution in [3.63, 3.8) is 0 Å². The molecule has 2 heterocycles. The van der Waals surface area contributed by atoms with Crippen LogP contribution in [-0.2, 0) is 36.5 Å². The molecule has 0 radical (unpaired) electrons. The Morgan fingerprint density at radius 1 is 0.979 bits per heavy atom. The first-order chi connectivity index (χ1) is 22.2. The van der Waals surface area contributed by atoms with Crippen LogP contribution in [0.5, 0.6) is 0 Å². The molecule has 0 bridgehead atoms. The van der Waals surface area contributed by atoms with Crippen molar-refractivity contribution in [3.05, 3.63) is 35.4 Å². The van der Waals surface area contributed by atoms with Crippen LogP contribution >= 0.6 is 0 Å². The fourth-order valence-corrected chi connectivity index (χ4v) is 6.23. The van der Waals surface area contributed by atoms with Crippen LogP contribution in [-0.4, -0.2) is 111 Å². The Bertz CT molecular complexity index is 1350. The smallest absolute Gasteiger partial charge is 0.416 e. The average Bonchev–Trinajstić information content (AvgIpc) is 3.60. The number of ketones is 1. The molecule has 0 aromatic heterocycles. The number of hydrogen-bond donors (Lipinski definition) is 5. The predicted octanol–water partition coefficient (Wildman–Crippen LogP) is 1.27. The van der Waals surface area contributed by atoms with E-state index in [-0.39, 0.29) is 25.9 Å². The monoisotopic (exact) mass is 685 g/mol. The number of benzene rings is 1. The van der Waals surface area contributed by atoms with E-state index in [1.807, 2.05) is 0 Å². The van der Waals surface area contributed by atoms with Crippen molar-refractivity contribution in [2.75, 3.05) is 19.6 Å². The highest BCUT2D eigenvalue weighted by Gasteiger charge is 2.53. The Labute approximate surface area is 277 Å². The van der Waals surface area contributed by atoms with E-state index in [4.69, 9.17) is 10.5 Å². The van der Waals surface area contributed by atoms with Gasteiger partial charge in [0.2, 0.25) is 17.7 Å². The third kappa shape index (κ3) is 9.44. The minimum atomic E-state index is -4.59. The maximum absolute atomic E-state index is 14.3. The number of halogens is 3. The van der Waals surface area contributed by atoms with Crippen molar-refractivity contribution < 1.29 is 52.1 Å². The van der Waals surface area contributed by atoms with E-state index in [9.17, 15) is 47.4 Å². The number of nitrogens with zero attached hydrogens (tertiary/aromatic N) is 2. The van der Waals surface area contributed by atoms with E-state index < -0.39 is 82.8 Å². The number of amides is 4. The van der Waals surface area contributed by atoms with Crippen molar-refractivity contribution in [2.24, 2.45) is 5.73 Å². The maximum atomic E-state index is 14.3. The van der Waals surface area contributed by atoms with E-state index in [0.717, 1.165) is 12.1 Å². The van der Waals surface area contributed by atoms with Crippen LogP contribution in [0.2, 0.25) is 0 Å². The van der Waals surface area contributed by atoms with Crippen LogP contribution in [0.4, 0.5) is 18.0 Å². The lowest BCUT2D eigenvalue weighted by molar-refractivity contribution is -0.149. The molecule has 4 amide bonds. The van der Waals surface area contributed by atoms with Gasteiger partial charge < -0.3 is 36.2 Å². The maximum Gasteiger partial charge on any atom is 0.416 e. The van der Waals surface area contributed by atoms with Gasteiger partial charge in [-0.3, -0.25) is 24.1 Å². The average molecular weight is 686 g/mol. The lowest BCUT2D eigenvalue weighted by Crippen LogP contribution is -2.65. The lowest BCUT2D eigenvalue weighted by Gasteiger charge is -2.41. The first kappa shape index (κ1) is 38.7. The quantitative estimate of drug-likeness (QED) is 0.216. The minimum absolute atomic E-state index is 0.0897. The third-order valence-corrected chi connectivity index (χ3v) is 8.54. The SMILES string of the molecule is CC(O)C(NC(=O)C1(Cc2ccc(C(F)(F)F)cc2)CCCN1C(=O)C1CCCN1CC(=O)C(NC(=O)OC(C)(C)C)C(C)O)C(N)=O. The van der Waals surface area contributed by atoms with Crippen LogP contribution in [0.1, 0.15) is 71.4 Å². The van der Waals surface area contributed by atoms with Crippen molar-refractivity contribution in [1.82, 2.24) is 20.4 Å². The molecule has 3 rings (SSSR count). The second-order valence-corrected chi connectivity index (χ2v) is 13.5. The summed E-state index contributed by atoms with van der Waals surface area (Å²) in [4.78, 5) is 69.0. The standard InChI is InChI=1S/C32H46F3N5O8/c1-18(41)24(38-29(47)48-30(3,4)5)23(43)17-39-14-6-8-22(39)27(45)40-15-7-13-31(40,28(46)37-25(19(2)42)26(36)44)16-20-9-11-21(12-10-20)32(33,34)35/h9-12,18-19,22,24-25,41-42H,6-8,13-17H2,1-5H3,(H2,36,44)(H,37,46)(H,38,47). The summed E-state index contributed by atoms with van der Waals surface area (Å²) in [6.45, 7) is 7.59. The van der Waals surface area contributed by atoms with Crippen LogP contribution in [0.25, 0.3) is 0 Å². The number of Topliss-reactive ketones (excluding diaryl/α,β-unsaturated/α-hetero) is 1. The molecular formula is C32H46F3N5O8. The molecule has 16 heteroatoms. The highest BCUT2D eigenvalue weighted by Crippen LogP contribution is 2.37. The summed E-state index contributed by atoms with van der Waals surface area (Å²) in [5, 5.41) is 25.2. The molecule has 48 heavy (non-hydrogen) atoms. The Hall–Kier alpha value is -3.76. The zero-order chi connectivity index (χ0) is 36.2. The zero-order valence-electron chi connectivity index (χ0n) is 27.8. The first-order valence-corrected chi connectivity index (χ1v) is 15.9. The van der Waals surface area contributed by atoms with Gasteiger partial charge in [-0.15, -0.1) is 0 Å². The summed E-state index contributed by atoms with van der Waals surface area (Å²) in [6, 6.07) is 0.456. The number of aliphatic hydroxyl groups is 2. The molecule has 6 atom stereocenters. The summed E-state index contributed by atoms with van der Waals surface area (Å²) >= 11 is 0. The minimum Gasteiger partial charge on any atom is -0.444 e. The number of carbonyl (C=O) groups excluding carboxylic acids is 5. The van der Waals surface area contributed by atoms with Gasteiger partial charge in [-0.05, 0) is 84.5 Å². The van der Waals surface area contributed by atoms with E-state index in [2.05, 4.69) is 10.6 Å². The van der Waals surface area contributed by atoms with Gasteiger partial charge in [0, 0.05) is 13.0 Å². The number of primary amides is 1. The Balaban J connectivity index is 1.91. The van der Waals surface area contributed by atoms with E-state index in [1.54, 1.807) is 25.7 Å². The van der Waals surface area contributed by atoms with Crippen LogP contribution < -0.4 is 16.4 Å². The molecule has 268 valence electrons. The first-order valence-electron chi connectivity index (χ1n) is 15.9. The van der Waals surface area contributed by atoms with Gasteiger partial charge >= 0.3 is 12.3 Å². The largest absolute Gasteiger partial charge is 0.444 e. The van der Waals surface area contributed by atoms with E-state index in [1.165, 1.54) is 30.9 Å². The summed E-state index contributed by atoms with van der Waals surface area (Å²) in [5.74, 6) is -2.92. The molecule has 2 aliphatic heterocycles. The Kier molecular flexibility index (Phi) is 12.3. The molecule has 1 aromatic carbocycles. The Morgan fingerprint density at radius 2 is 1.58 bits per heavy atom. The van der Waals surface area contributed by atoms with Crippen molar-refractivity contribution in [2.45, 2.75) is 114 Å². The molecular weight excluding hydrogens is 639 g/mol. The van der Waals surface area contributed by atoms with Crippen LogP contribution in [0.3, 0.4) is 0 Å². The highest BCUT2D eigenvalue weighted by atomic mass is 19.4. The van der Waals surface area contributed by atoms with Gasteiger partial charge in [0.05, 0.1) is 30.4 Å². The van der Waals surface area contributed by atoms with Crippen LogP contribution in [0.15, 0.2) is 24.3 Å². The zero-order valence-corrected chi connectivity index (χ0v) is 27.8. The molecule has 6 N–H and O–H groups in total. The number of aliphatic hydroxyl groups excluding tert-OH is 2. The van der Waals surface area contributed by atoms with Gasteiger partial charge in [-0.1, -0.05) is 12.1 Å². The number of likely N-dealkylation sites (tertiary alicyclic amines) is 2. The number of rotatable bonds is 12. The molecule has 1 aromatic rings. The normalized spacial score (nSPS) is 22.8. The number of alkyl halides is 3. The van der Waals surface area contributed by atoms with Crippen LogP contribution in [0, 0.1) is 0 Å². The molecule has 2 fully saturated rings. The fraction of sp³-hybridized carbons (Fsp3) is 0.656. The number of carbonyl (C=O) groups is 5. The predicted molar refractivity (Wildman–Crippen MR) is 166 cm³/mol. The van der Waals surface area contributed by atoms with Gasteiger partial charge in [0.25, 0.3) is 0 Å². The lowest BCUT2D eigenvalue weighted by atomic mass is 9.85. The summed E-state index contributed by atoms with van der Waals surface area (Å²) in [6.07, 6.45) is -7.11. The summed E-state index contributed by atoms with van der Waals surface area (Å²) in [5.41, 5.74) is 2.31. The van der Waals surface area contributed by atoms with Gasteiger partial charge in [0.1, 0.15) is 23.2 Å². The molecule has 6 unspecified atom stereocenters. The van der Waals surface area contributed by atoms with Gasteiger partial charge in [-0.2, -0.15) is 13.2 Å². The topological polar surface area (TPSA) is 192 Å². The van der Waals surface area contributed by atoms with Gasteiger partial charge in [-0.25, -0.2) is 4.79 Å². The number of nitrogens with two attached hydrogens (primary N) is 1. The number of nitrogens with one attached hydrogen (secondary N) is 2. The van der Waals surface area contributed by atoms with E-state index >= 15 is 0 Å². The Morgan fingerprint density at radius 3 is 2.10 bits per heavy atom. The third-order valence-electron chi connectivity index (χ3n) is 8.54. The number of alkyl carbamates (subject to hydrolysis) is 1. The number of ether oxygens (including phenoxy) is 1.